The molecule has 0 saturated heterocycles. The Morgan fingerprint density at radius 1 is 1.30 bits per heavy atom. The Balaban J connectivity index is 2.06. The molecule has 6 nitrogen and oxygen atoms in total. The van der Waals surface area contributed by atoms with Crippen LogP contribution in [0.2, 0.25) is 0 Å². The van der Waals surface area contributed by atoms with Gasteiger partial charge in [0.05, 0.1) is 20.4 Å². The number of methoxy groups -OCH3 is 2. The number of carbonyl (C=O) groups is 1. The normalized spacial score (nSPS) is 10.5. The van der Waals surface area contributed by atoms with Gasteiger partial charge < -0.3 is 14.5 Å². The van der Waals surface area contributed by atoms with Crippen LogP contribution in [0.15, 0.2) is 41.6 Å². The average molecular weight is 273 g/mol. The summed E-state index contributed by atoms with van der Waals surface area (Å²) < 4.78 is 10.3. The maximum absolute atomic E-state index is 11.6. The average Bonchev–Trinajstić information content (AvgIpc) is 3.01. The minimum atomic E-state index is -0.307. The molecule has 0 radical (unpaired) electrons. The van der Waals surface area contributed by atoms with Crippen molar-refractivity contribution < 1.29 is 14.3 Å². The summed E-state index contributed by atoms with van der Waals surface area (Å²) in [5.74, 6) is 0.996. The lowest BCUT2D eigenvalue weighted by molar-refractivity contribution is 0.0951. The standard InChI is InChI=1S/C14H15N3O3/c1-19-11-6-5-10(13(8-11)20-2)9-16-17-14(18)12-4-3-7-15-12/h3-9,15H,1-2H3,(H,17,18)/b16-9-. The number of rotatable bonds is 5. The first kappa shape index (κ1) is 13.7. The maximum Gasteiger partial charge on any atom is 0.287 e. The van der Waals surface area contributed by atoms with Gasteiger partial charge in [-0.15, -0.1) is 0 Å². The predicted octanol–water partition coefficient (Wildman–Crippen LogP) is 1.80. The van der Waals surface area contributed by atoms with Crippen molar-refractivity contribution in [3.05, 3.63) is 47.8 Å². The monoisotopic (exact) mass is 273 g/mol. The topological polar surface area (TPSA) is 75.7 Å². The fourth-order valence-corrected chi connectivity index (χ4v) is 1.62. The van der Waals surface area contributed by atoms with Gasteiger partial charge >= 0.3 is 0 Å². The first-order chi connectivity index (χ1) is 9.74. The van der Waals surface area contributed by atoms with E-state index in [2.05, 4.69) is 15.5 Å². The number of nitrogens with one attached hydrogen (secondary N) is 2. The van der Waals surface area contributed by atoms with Crippen LogP contribution in [-0.2, 0) is 0 Å². The molecule has 2 N–H and O–H groups in total. The number of hydrazone groups is 1. The van der Waals surface area contributed by atoms with Gasteiger partial charge in [0, 0.05) is 17.8 Å². The van der Waals surface area contributed by atoms with Gasteiger partial charge in [0.2, 0.25) is 0 Å². The van der Waals surface area contributed by atoms with Crippen LogP contribution in [0.3, 0.4) is 0 Å². The summed E-state index contributed by atoms with van der Waals surface area (Å²) in [4.78, 5) is 14.4. The highest BCUT2D eigenvalue weighted by atomic mass is 16.5. The summed E-state index contributed by atoms with van der Waals surface area (Å²) in [7, 11) is 3.14. The Bertz CT molecular complexity index is 606. The predicted molar refractivity (Wildman–Crippen MR) is 75.4 cm³/mol. The van der Waals surface area contributed by atoms with Crippen molar-refractivity contribution in [1.82, 2.24) is 10.4 Å². The third-order valence-corrected chi connectivity index (χ3v) is 2.65. The third-order valence-electron chi connectivity index (χ3n) is 2.65. The largest absolute Gasteiger partial charge is 0.497 e. The molecule has 0 saturated carbocycles. The van der Waals surface area contributed by atoms with E-state index >= 15 is 0 Å². The number of nitrogens with zero attached hydrogens (tertiary/aromatic N) is 1. The van der Waals surface area contributed by atoms with Crippen LogP contribution in [0.1, 0.15) is 16.1 Å². The second-order valence-electron chi connectivity index (χ2n) is 3.89. The van der Waals surface area contributed by atoms with E-state index in [0.29, 0.717) is 17.2 Å². The van der Waals surface area contributed by atoms with Gasteiger partial charge in [-0.2, -0.15) is 5.10 Å². The fraction of sp³-hybridized carbons (Fsp3) is 0.143. The number of amides is 1. The summed E-state index contributed by atoms with van der Waals surface area (Å²) in [6, 6.07) is 8.73. The highest BCUT2D eigenvalue weighted by Crippen LogP contribution is 2.22. The molecule has 0 fully saturated rings. The summed E-state index contributed by atoms with van der Waals surface area (Å²) in [6.45, 7) is 0. The molecular weight excluding hydrogens is 258 g/mol. The van der Waals surface area contributed by atoms with Crippen molar-refractivity contribution >= 4 is 12.1 Å². The van der Waals surface area contributed by atoms with Gasteiger partial charge in [-0.3, -0.25) is 4.79 Å². The second-order valence-corrected chi connectivity index (χ2v) is 3.89. The van der Waals surface area contributed by atoms with Crippen molar-refractivity contribution in [1.29, 1.82) is 0 Å². The van der Waals surface area contributed by atoms with Gasteiger partial charge in [0.25, 0.3) is 5.91 Å². The molecule has 6 heteroatoms. The summed E-state index contributed by atoms with van der Waals surface area (Å²) in [5, 5.41) is 3.90. The van der Waals surface area contributed by atoms with Crippen molar-refractivity contribution in [3.63, 3.8) is 0 Å². The van der Waals surface area contributed by atoms with Crippen LogP contribution < -0.4 is 14.9 Å². The number of aromatic nitrogens is 1. The number of H-pyrrole nitrogens is 1. The molecule has 2 aromatic rings. The Labute approximate surface area is 116 Å². The van der Waals surface area contributed by atoms with Crippen molar-refractivity contribution in [3.8, 4) is 11.5 Å². The van der Waals surface area contributed by atoms with E-state index in [4.69, 9.17) is 9.47 Å². The first-order valence-corrected chi connectivity index (χ1v) is 5.93. The van der Waals surface area contributed by atoms with Crippen LogP contribution in [0, 0.1) is 0 Å². The molecule has 0 aliphatic carbocycles. The molecule has 0 atom stereocenters. The number of ether oxygens (including phenoxy) is 2. The molecule has 1 aromatic heterocycles. The molecule has 0 aliphatic heterocycles. The van der Waals surface area contributed by atoms with Gasteiger partial charge in [-0.25, -0.2) is 5.43 Å². The minimum Gasteiger partial charge on any atom is -0.497 e. The van der Waals surface area contributed by atoms with Crippen LogP contribution in [0.4, 0.5) is 0 Å². The Morgan fingerprint density at radius 2 is 2.15 bits per heavy atom. The molecular formula is C14H15N3O3. The Hall–Kier alpha value is -2.76. The van der Waals surface area contributed by atoms with Crippen LogP contribution in [-0.4, -0.2) is 31.3 Å². The zero-order valence-electron chi connectivity index (χ0n) is 11.2. The fourth-order valence-electron chi connectivity index (χ4n) is 1.62. The first-order valence-electron chi connectivity index (χ1n) is 5.93. The van der Waals surface area contributed by atoms with Gasteiger partial charge in [0.15, 0.2) is 0 Å². The molecule has 2 rings (SSSR count). The number of benzene rings is 1. The highest BCUT2D eigenvalue weighted by Gasteiger charge is 2.05. The Kier molecular flexibility index (Phi) is 4.39. The minimum absolute atomic E-state index is 0.307. The molecule has 1 heterocycles. The lowest BCUT2D eigenvalue weighted by Crippen LogP contribution is -2.17. The van der Waals surface area contributed by atoms with E-state index in [1.165, 1.54) is 6.21 Å². The SMILES string of the molecule is COc1ccc(/C=N\NC(=O)c2ccc[nH]2)c(OC)c1. The second kappa shape index (κ2) is 6.42. The molecule has 0 unspecified atom stereocenters. The number of hydrogen-bond acceptors (Lipinski definition) is 4. The third kappa shape index (κ3) is 3.17. The summed E-state index contributed by atoms with van der Waals surface area (Å²) in [6.07, 6.45) is 3.18. The molecule has 20 heavy (non-hydrogen) atoms. The maximum atomic E-state index is 11.6. The zero-order valence-corrected chi connectivity index (χ0v) is 11.2. The Morgan fingerprint density at radius 3 is 2.80 bits per heavy atom. The summed E-state index contributed by atoms with van der Waals surface area (Å²) >= 11 is 0. The van der Waals surface area contributed by atoms with Crippen molar-refractivity contribution in [2.45, 2.75) is 0 Å². The summed E-state index contributed by atoms with van der Waals surface area (Å²) in [5.41, 5.74) is 3.61. The van der Waals surface area contributed by atoms with E-state index in [9.17, 15) is 4.79 Å². The molecule has 0 aliphatic rings. The lowest BCUT2D eigenvalue weighted by Gasteiger charge is -2.06. The quantitative estimate of drug-likeness (QED) is 0.644. The van der Waals surface area contributed by atoms with E-state index in [1.807, 2.05) is 0 Å². The van der Waals surface area contributed by atoms with Crippen molar-refractivity contribution in [2.75, 3.05) is 14.2 Å². The molecule has 0 spiro atoms. The van der Waals surface area contributed by atoms with Crippen LogP contribution in [0.5, 0.6) is 11.5 Å². The lowest BCUT2D eigenvalue weighted by atomic mass is 10.2. The van der Waals surface area contributed by atoms with E-state index < -0.39 is 0 Å². The number of aromatic amines is 1. The van der Waals surface area contributed by atoms with Gasteiger partial charge in [-0.05, 0) is 24.3 Å². The van der Waals surface area contributed by atoms with Crippen molar-refractivity contribution in [2.24, 2.45) is 5.10 Å². The van der Waals surface area contributed by atoms with E-state index in [-0.39, 0.29) is 5.91 Å². The zero-order chi connectivity index (χ0) is 14.4. The number of hydrogen-bond donors (Lipinski definition) is 2. The molecule has 1 aromatic carbocycles. The number of carbonyl (C=O) groups excluding carboxylic acids is 1. The molecule has 104 valence electrons. The molecule has 0 bridgehead atoms. The van der Waals surface area contributed by atoms with E-state index in [1.54, 1.807) is 50.7 Å². The highest BCUT2D eigenvalue weighted by molar-refractivity contribution is 5.93. The van der Waals surface area contributed by atoms with Crippen LogP contribution >= 0.6 is 0 Å². The van der Waals surface area contributed by atoms with Crippen LogP contribution in [0.25, 0.3) is 0 Å². The molecule has 1 amide bonds. The van der Waals surface area contributed by atoms with Gasteiger partial charge in [0.1, 0.15) is 17.2 Å². The van der Waals surface area contributed by atoms with Gasteiger partial charge in [-0.1, -0.05) is 0 Å². The van der Waals surface area contributed by atoms with E-state index in [0.717, 1.165) is 5.56 Å². The smallest absolute Gasteiger partial charge is 0.287 e.